The number of ether oxygens (including phenoxy) is 1. The summed E-state index contributed by atoms with van der Waals surface area (Å²) in [4.78, 5) is 27.9. The molecule has 0 spiro atoms. The van der Waals surface area contributed by atoms with E-state index in [1.165, 1.54) is 18.4 Å². The van der Waals surface area contributed by atoms with Crippen molar-refractivity contribution in [2.75, 3.05) is 19.1 Å². The number of methoxy groups -OCH3 is 1. The van der Waals surface area contributed by atoms with Crippen LogP contribution in [0.25, 0.3) is 11.4 Å². The van der Waals surface area contributed by atoms with Gasteiger partial charge in [-0.05, 0) is 31.9 Å². The Morgan fingerprint density at radius 3 is 2.84 bits per heavy atom. The summed E-state index contributed by atoms with van der Waals surface area (Å²) in [6.45, 7) is 6.07. The van der Waals surface area contributed by atoms with Crippen molar-refractivity contribution in [2.24, 2.45) is 9.98 Å². The van der Waals surface area contributed by atoms with Crippen molar-refractivity contribution in [3.8, 4) is 6.01 Å². The van der Waals surface area contributed by atoms with Gasteiger partial charge >= 0.3 is 6.01 Å². The normalized spacial score (nSPS) is 14.0. The Morgan fingerprint density at radius 1 is 1.29 bits per heavy atom. The fraction of sp³-hybridized carbons (Fsp3) is 0.143. The lowest BCUT2D eigenvalue weighted by Gasteiger charge is -2.30. The van der Waals surface area contributed by atoms with E-state index in [-0.39, 0.29) is 0 Å². The fourth-order valence-corrected chi connectivity index (χ4v) is 3.73. The van der Waals surface area contributed by atoms with E-state index in [4.69, 9.17) is 9.72 Å². The molecule has 1 aliphatic rings. The molecule has 0 aromatic carbocycles. The molecule has 4 heterocycles. The number of nitrogens with one attached hydrogen (secondary N) is 1. The summed E-state index contributed by atoms with van der Waals surface area (Å²) in [5, 5.41) is 5.89. The molecule has 156 valence electrons. The fourth-order valence-electron chi connectivity index (χ4n) is 3.02. The van der Waals surface area contributed by atoms with Gasteiger partial charge in [-0.15, -0.1) is 11.3 Å². The highest BCUT2D eigenvalue weighted by molar-refractivity contribution is 7.13. The van der Waals surface area contributed by atoms with Crippen LogP contribution in [0.5, 0.6) is 6.01 Å². The second-order valence-electron chi connectivity index (χ2n) is 6.41. The zero-order valence-electron chi connectivity index (χ0n) is 17.1. The van der Waals surface area contributed by atoms with Crippen molar-refractivity contribution in [2.45, 2.75) is 6.92 Å². The standard InChI is InChI=1S/C21H20N8OS/c1-14(22-2)19(29-13-24-8-6-18(29)15-5-4-7-23-9-15)17-12-31-21(28-17)27-16-10-25-20(30-3)26-11-16/h4-12H,2,13H2,1,3H3,(H,27,28)/b19-14-. The van der Waals surface area contributed by atoms with Crippen molar-refractivity contribution in [3.63, 3.8) is 0 Å². The third-order valence-corrected chi connectivity index (χ3v) is 5.23. The van der Waals surface area contributed by atoms with Crippen molar-refractivity contribution < 1.29 is 4.74 Å². The van der Waals surface area contributed by atoms with E-state index in [0.29, 0.717) is 23.5 Å². The number of aromatic nitrogens is 4. The lowest BCUT2D eigenvalue weighted by molar-refractivity contribution is 0.380. The molecule has 1 N–H and O–H groups in total. The Hall–Kier alpha value is -3.92. The van der Waals surface area contributed by atoms with Crippen molar-refractivity contribution in [1.82, 2.24) is 24.8 Å². The number of pyridine rings is 1. The van der Waals surface area contributed by atoms with E-state index in [1.54, 1.807) is 24.8 Å². The zero-order valence-corrected chi connectivity index (χ0v) is 17.9. The molecule has 0 unspecified atom stereocenters. The van der Waals surface area contributed by atoms with Gasteiger partial charge in [-0.1, -0.05) is 0 Å². The Bertz CT molecular complexity index is 1150. The van der Waals surface area contributed by atoms with Gasteiger partial charge in [0.15, 0.2) is 5.13 Å². The highest BCUT2D eigenvalue weighted by Gasteiger charge is 2.23. The molecule has 31 heavy (non-hydrogen) atoms. The van der Waals surface area contributed by atoms with Crippen LogP contribution in [0.15, 0.2) is 64.1 Å². The molecule has 0 saturated carbocycles. The number of nitrogens with zero attached hydrogens (tertiary/aromatic N) is 7. The van der Waals surface area contributed by atoms with Gasteiger partial charge in [-0.25, -0.2) is 15.0 Å². The molecule has 1 aliphatic heterocycles. The van der Waals surface area contributed by atoms with E-state index in [9.17, 15) is 0 Å². The van der Waals surface area contributed by atoms with Gasteiger partial charge in [0.2, 0.25) is 0 Å². The molecule has 0 amide bonds. The molecule has 0 aliphatic carbocycles. The van der Waals surface area contributed by atoms with Crippen LogP contribution >= 0.6 is 11.3 Å². The number of hydrogen-bond donors (Lipinski definition) is 1. The zero-order chi connectivity index (χ0) is 21.6. The topological polar surface area (TPSA) is 101 Å². The van der Waals surface area contributed by atoms with Crippen LogP contribution in [0.2, 0.25) is 0 Å². The SMILES string of the molecule is C=N/C(C)=C(/c1csc(Nc2cnc(OC)nc2)n1)N1CN=CC=C1c1cccnc1. The van der Waals surface area contributed by atoms with Gasteiger partial charge in [-0.3, -0.25) is 15.0 Å². The van der Waals surface area contributed by atoms with Crippen molar-refractivity contribution in [3.05, 3.63) is 65.3 Å². The molecule has 3 aromatic heterocycles. The summed E-state index contributed by atoms with van der Waals surface area (Å²) in [5.41, 5.74) is 5.00. The first kappa shape index (κ1) is 20.4. The Balaban J connectivity index is 1.66. The van der Waals surface area contributed by atoms with Gasteiger partial charge in [0.25, 0.3) is 0 Å². The lowest BCUT2D eigenvalue weighted by Crippen LogP contribution is -2.24. The van der Waals surface area contributed by atoms with E-state index < -0.39 is 0 Å². The minimum atomic E-state index is 0.309. The highest BCUT2D eigenvalue weighted by Crippen LogP contribution is 2.34. The van der Waals surface area contributed by atoms with Crippen LogP contribution < -0.4 is 10.1 Å². The van der Waals surface area contributed by atoms with Crippen molar-refractivity contribution >= 4 is 46.5 Å². The first-order chi connectivity index (χ1) is 15.2. The maximum atomic E-state index is 5.00. The van der Waals surface area contributed by atoms with Crippen LogP contribution in [0, 0.1) is 0 Å². The summed E-state index contributed by atoms with van der Waals surface area (Å²) in [7, 11) is 1.53. The molecule has 0 saturated heterocycles. The lowest BCUT2D eigenvalue weighted by atomic mass is 10.1. The second-order valence-corrected chi connectivity index (χ2v) is 7.27. The molecule has 9 nitrogen and oxygen atoms in total. The van der Waals surface area contributed by atoms with Crippen LogP contribution in [-0.2, 0) is 0 Å². The summed E-state index contributed by atoms with van der Waals surface area (Å²) in [6, 6.07) is 4.23. The maximum absolute atomic E-state index is 5.00. The van der Waals surface area contributed by atoms with Gasteiger partial charge in [0.05, 0.1) is 42.3 Å². The summed E-state index contributed by atoms with van der Waals surface area (Å²) in [5.74, 6) is 0. The average molecular weight is 433 g/mol. The largest absolute Gasteiger partial charge is 0.467 e. The minimum Gasteiger partial charge on any atom is -0.467 e. The monoisotopic (exact) mass is 432 g/mol. The average Bonchev–Trinajstić information content (AvgIpc) is 3.28. The highest BCUT2D eigenvalue weighted by atomic mass is 32.1. The summed E-state index contributed by atoms with van der Waals surface area (Å²) >= 11 is 1.47. The summed E-state index contributed by atoms with van der Waals surface area (Å²) in [6.07, 6.45) is 10.6. The Kier molecular flexibility index (Phi) is 6.08. The van der Waals surface area contributed by atoms with E-state index >= 15 is 0 Å². The Labute approximate surface area is 183 Å². The van der Waals surface area contributed by atoms with Crippen LogP contribution in [0.3, 0.4) is 0 Å². The second kappa shape index (κ2) is 9.26. The van der Waals surface area contributed by atoms with E-state index in [1.807, 2.05) is 36.7 Å². The van der Waals surface area contributed by atoms with Gasteiger partial charge in [0, 0.05) is 29.6 Å². The molecule has 0 radical (unpaired) electrons. The molecule has 0 bridgehead atoms. The third kappa shape index (κ3) is 4.48. The predicted octanol–water partition coefficient (Wildman–Crippen LogP) is 3.85. The van der Waals surface area contributed by atoms with E-state index in [2.05, 4.69) is 41.9 Å². The van der Waals surface area contributed by atoms with Crippen LogP contribution in [0.4, 0.5) is 10.8 Å². The molecular formula is C21H20N8OS. The molecular weight excluding hydrogens is 412 g/mol. The number of anilines is 2. The Morgan fingerprint density at radius 2 is 2.13 bits per heavy atom. The number of hydrogen-bond acceptors (Lipinski definition) is 10. The predicted molar refractivity (Wildman–Crippen MR) is 124 cm³/mol. The molecule has 3 aromatic rings. The smallest absolute Gasteiger partial charge is 0.316 e. The van der Waals surface area contributed by atoms with Gasteiger partial charge in [-0.2, -0.15) is 0 Å². The third-order valence-electron chi connectivity index (χ3n) is 4.47. The van der Waals surface area contributed by atoms with Gasteiger partial charge < -0.3 is 15.0 Å². The first-order valence-electron chi connectivity index (χ1n) is 9.34. The molecule has 10 heteroatoms. The molecule has 0 atom stereocenters. The maximum Gasteiger partial charge on any atom is 0.316 e. The van der Waals surface area contributed by atoms with Crippen LogP contribution in [-0.4, -0.2) is 51.5 Å². The number of rotatable bonds is 7. The quantitative estimate of drug-likeness (QED) is 0.566. The van der Waals surface area contributed by atoms with E-state index in [0.717, 1.165) is 28.3 Å². The van der Waals surface area contributed by atoms with Gasteiger partial charge in [0.1, 0.15) is 12.4 Å². The van der Waals surface area contributed by atoms with Crippen molar-refractivity contribution in [1.29, 1.82) is 0 Å². The number of thiazole rings is 1. The number of aliphatic imine (C=N–C) groups is 2. The number of allylic oxidation sites excluding steroid dienone is 2. The minimum absolute atomic E-state index is 0.309. The molecule has 0 fully saturated rings. The van der Waals surface area contributed by atoms with Crippen LogP contribution in [0.1, 0.15) is 18.2 Å². The molecule has 4 rings (SSSR count). The summed E-state index contributed by atoms with van der Waals surface area (Å²) < 4.78 is 5.00. The first-order valence-corrected chi connectivity index (χ1v) is 10.2.